The highest BCUT2D eigenvalue weighted by molar-refractivity contribution is 7.99. The molecule has 2 aromatic heterocycles. The summed E-state index contributed by atoms with van der Waals surface area (Å²) in [6, 6.07) is 14.3. The lowest BCUT2D eigenvalue weighted by molar-refractivity contribution is -0.145. The average molecular weight is 680 g/mol. The maximum Gasteiger partial charge on any atom is 0.401 e. The molecule has 0 fully saturated rings. The first-order chi connectivity index (χ1) is 21.4. The Hall–Kier alpha value is -2.98. The first kappa shape index (κ1) is 40.0. The van der Waals surface area contributed by atoms with Crippen molar-refractivity contribution in [1.82, 2.24) is 4.90 Å². The number of rotatable bonds is 14. The van der Waals surface area contributed by atoms with Crippen molar-refractivity contribution in [2.24, 2.45) is 5.10 Å². The van der Waals surface area contributed by atoms with Gasteiger partial charge in [0.05, 0.1) is 35.8 Å². The summed E-state index contributed by atoms with van der Waals surface area (Å²) in [5.41, 5.74) is 1.85. The molecule has 0 spiro atoms. The largest absolute Gasteiger partial charge is 0.468 e. The van der Waals surface area contributed by atoms with Gasteiger partial charge in [0, 0.05) is 28.6 Å². The van der Waals surface area contributed by atoms with Gasteiger partial charge >= 0.3 is 6.18 Å². The van der Waals surface area contributed by atoms with E-state index < -0.39 is 12.7 Å². The number of thioether (sulfide) groups is 1. The molecule has 1 aromatic carbocycles. The Kier molecular flexibility index (Phi) is 19.3. The number of alkyl halides is 3. The van der Waals surface area contributed by atoms with E-state index in [9.17, 15) is 13.2 Å². The molecule has 3 aromatic rings. The van der Waals surface area contributed by atoms with Gasteiger partial charge in [-0.1, -0.05) is 75.9 Å². The molecule has 10 heteroatoms. The normalized spacial score (nSPS) is 12.5. The van der Waals surface area contributed by atoms with Crippen LogP contribution >= 0.6 is 34.7 Å². The summed E-state index contributed by atoms with van der Waals surface area (Å²) >= 11 is 9.67. The van der Waals surface area contributed by atoms with Crippen molar-refractivity contribution >= 4 is 57.7 Å². The number of allylic oxidation sites excluding steroid dienone is 3. The number of hydrogen-bond donors (Lipinski definition) is 0. The van der Waals surface area contributed by atoms with Crippen LogP contribution in [0.15, 0.2) is 102 Å². The molecular weight excluding hydrogens is 635 g/mol. The first-order valence-electron chi connectivity index (χ1n) is 14.6. The van der Waals surface area contributed by atoms with E-state index in [4.69, 9.17) is 16.0 Å². The maximum absolute atomic E-state index is 13.4. The molecule has 0 radical (unpaired) electrons. The van der Waals surface area contributed by atoms with Crippen LogP contribution in [0.2, 0.25) is 5.02 Å². The SMILES string of the molecule is C=CC(=C)c1ccc(/C=C/C(CN(Cc2ccco2)CC(F)(F)F)=N\N(C)c2ccccc2Cl)s1.CC.CC/C=C\C(C)SC. The predicted molar refractivity (Wildman–Crippen MR) is 194 cm³/mol. The first-order valence-corrected chi connectivity index (χ1v) is 17.1. The van der Waals surface area contributed by atoms with Crippen LogP contribution < -0.4 is 5.01 Å². The van der Waals surface area contributed by atoms with E-state index in [1.807, 2.05) is 49.9 Å². The Balaban J connectivity index is 0.000000880. The summed E-state index contributed by atoms with van der Waals surface area (Å²) in [7, 11) is 1.70. The number of benzene rings is 1. The third-order valence-electron chi connectivity index (χ3n) is 5.87. The summed E-state index contributed by atoms with van der Waals surface area (Å²) in [5, 5.41) is 7.32. The van der Waals surface area contributed by atoms with Crippen LogP contribution in [-0.2, 0) is 6.54 Å². The summed E-state index contributed by atoms with van der Waals surface area (Å²) in [4.78, 5) is 3.11. The van der Waals surface area contributed by atoms with Crippen LogP contribution in [0.3, 0.4) is 0 Å². The zero-order valence-corrected chi connectivity index (χ0v) is 29.4. The van der Waals surface area contributed by atoms with Gasteiger partial charge in [0.25, 0.3) is 0 Å². The van der Waals surface area contributed by atoms with Crippen LogP contribution in [0.1, 0.15) is 49.6 Å². The van der Waals surface area contributed by atoms with Crippen molar-refractivity contribution in [3.63, 3.8) is 0 Å². The molecule has 3 rings (SSSR count). The Bertz CT molecular complexity index is 1360. The van der Waals surface area contributed by atoms with E-state index in [0.717, 1.165) is 21.7 Å². The van der Waals surface area contributed by atoms with Gasteiger partial charge in [-0.15, -0.1) is 11.3 Å². The third kappa shape index (κ3) is 16.2. The summed E-state index contributed by atoms with van der Waals surface area (Å²) in [6.45, 7) is 14.8. The van der Waals surface area contributed by atoms with Gasteiger partial charge in [-0.3, -0.25) is 9.91 Å². The van der Waals surface area contributed by atoms with E-state index in [0.29, 0.717) is 27.4 Å². The molecular formula is C35H45ClF3N3OS2. The molecule has 1 unspecified atom stereocenters. The number of halogens is 4. The average Bonchev–Trinajstić information content (AvgIpc) is 3.71. The van der Waals surface area contributed by atoms with E-state index in [2.05, 4.69) is 50.5 Å². The zero-order chi connectivity index (χ0) is 33.8. The molecule has 1 atom stereocenters. The van der Waals surface area contributed by atoms with Crippen LogP contribution in [-0.4, -0.2) is 48.4 Å². The number of furan rings is 1. The summed E-state index contributed by atoms with van der Waals surface area (Å²) in [5.74, 6) is 0.433. The van der Waals surface area contributed by atoms with Gasteiger partial charge in [0.1, 0.15) is 5.76 Å². The maximum atomic E-state index is 13.4. The number of nitrogens with zero attached hydrogens (tertiary/aromatic N) is 3. The van der Waals surface area contributed by atoms with E-state index in [-0.39, 0.29) is 13.1 Å². The fourth-order valence-corrected chi connectivity index (χ4v) is 5.05. The highest BCUT2D eigenvalue weighted by Crippen LogP contribution is 2.26. The van der Waals surface area contributed by atoms with Gasteiger partial charge in [-0.25, -0.2) is 0 Å². The molecule has 0 N–H and O–H groups in total. The second kappa shape index (κ2) is 21.7. The fraction of sp³-hybridized carbons (Fsp3) is 0.343. The molecule has 246 valence electrons. The molecule has 0 amide bonds. The second-order valence-corrected chi connectivity index (χ2v) is 12.2. The van der Waals surface area contributed by atoms with Crippen molar-refractivity contribution in [1.29, 1.82) is 0 Å². The Morgan fingerprint density at radius 3 is 2.44 bits per heavy atom. The molecule has 0 aliphatic heterocycles. The molecule has 0 bridgehead atoms. The van der Waals surface area contributed by atoms with Gasteiger partial charge in [0.15, 0.2) is 0 Å². The van der Waals surface area contributed by atoms with Crippen LogP contribution in [0, 0.1) is 0 Å². The molecule has 0 saturated heterocycles. The smallest absolute Gasteiger partial charge is 0.401 e. The zero-order valence-electron chi connectivity index (χ0n) is 27.0. The van der Waals surface area contributed by atoms with Crippen molar-refractivity contribution in [2.75, 3.05) is 31.4 Å². The topological polar surface area (TPSA) is 32.0 Å². The van der Waals surface area contributed by atoms with Crippen LogP contribution in [0.4, 0.5) is 18.9 Å². The van der Waals surface area contributed by atoms with Gasteiger partial charge in [-0.2, -0.15) is 30.0 Å². The summed E-state index contributed by atoms with van der Waals surface area (Å²) < 4.78 is 45.3. The minimum absolute atomic E-state index is 0.0164. The number of thiophene rings is 1. The fourth-order valence-electron chi connectivity index (χ4n) is 3.65. The van der Waals surface area contributed by atoms with Crippen molar-refractivity contribution in [3.05, 3.63) is 113 Å². The Morgan fingerprint density at radius 1 is 1.16 bits per heavy atom. The van der Waals surface area contributed by atoms with Gasteiger partial charge < -0.3 is 4.42 Å². The number of hydrazone groups is 1. The minimum Gasteiger partial charge on any atom is -0.468 e. The lowest BCUT2D eigenvalue weighted by atomic mass is 10.2. The minimum atomic E-state index is -4.39. The monoisotopic (exact) mass is 679 g/mol. The van der Waals surface area contributed by atoms with E-state index >= 15 is 0 Å². The highest BCUT2D eigenvalue weighted by atomic mass is 35.5. The van der Waals surface area contributed by atoms with Crippen LogP contribution in [0.25, 0.3) is 11.6 Å². The van der Waals surface area contributed by atoms with E-state index in [1.54, 1.807) is 54.5 Å². The third-order valence-corrected chi connectivity index (χ3v) is 8.22. The van der Waals surface area contributed by atoms with Crippen molar-refractivity contribution < 1.29 is 17.6 Å². The number of hydrogen-bond acceptors (Lipinski definition) is 6. The second-order valence-electron chi connectivity index (χ2n) is 9.45. The molecule has 0 aliphatic rings. The molecule has 0 aliphatic carbocycles. The summed E-state index contributed by atoms with van der Waals surface area (Å²) in [6.07, 6.45) is 10.00. The molecule has 45 heavy (non-hydrogen) atoms. The molecule has 2 heterocycles. The lowest BCUT2D eigenvalue weighted by Gasteiger charge is -2.24. The Labute approximate surface area is 280 Å². The number of anilines is 1. The van der Waals surface area contributed by atoms with Crippen molar-refractivity contribution in [2.45, 2.75) is 52.1 Å². The van der Waals surface area contributed by atoms with E-state index in [1.165, 1.54) is 22.5 Å². The standard InChI is InChI=1S/C26H25ClF3N3OS.C7H14S.C2H6/c1-4-19(2)25-14-13-22(35-25)12-11-20(31-32(3)24-10-6-5-9-23(24)27)16-33(18-26(28,29)30)17-21-8-7-15-34-21;1-4-5-6-7(2)8-3;1-2/h4-15H,1-2,16-18H2,3H3;5-7H,4H2,1-3H3;1-2H3/b12-11+,31-20+;6-5-;. The van der Waals surface area contributed by atoms with Crippen LogP contribution in [0.5, 0.6) is 0 Å². The van der Waals surface area contributed by atoms with Gasteiger partial charge in [0.2, 0.25) is 0 Å². The predicted octanol–water partition coefficient (Wildman–Crippen LogP) is 11.5. The Morgan fingerprint density at radius 2 is 1.87 bits per heavy atom. The molecule has 4 nitrogen and oxygen atoms in total. The quantitative estimate of drug-likeness (QED) is 0.0734. The highest BCUT2D eigenvalue weighted by Gasteiger charge is 2.31. The molecule has 0 saturated carbocycles. The lowest BCUT2D eigenvalue weighted by Crippen LogP contribution is -2.37. The van der Waals surface area contributed by atoms with Gasteiger partial charge in [-0.05, 0) is 73.7 Å². The number of para-hydroxylation sites is 1. The van der Waals surface area contributed by atoms with Crippen molar-refractivity contribution in [3.8, 4) is 0 Å².